The molecule has 2 rings (SSSR count). The van der Waals surface area contributed by atoms with E-state index in [-0.39, 0.29) is 5.82 Å². The van der Waals surface area contributed by atoms with E-state index in [9.17, 15) is 4.39 Å². The summed E-state index contributed by atoms with van der Waals surface area (Å²) in [5, 5.41) is 6.13. The zero-order valence-electron chi connectivity index (χ0n) is 9.96. The molecule has 90 valence electrons. The highest BCUT2D eigenvalue weighted by Crippen LogP contribution is 2.27. The minimum absolute atomic E-state index is 0.214. The number of nitrogens with one attached hydrogen (secondary N) is 1. The molecule has 0 unspecified atom stereocenters. The van der Waals surface area contributed by atoms with Crippen LogP contribution < -0.4 is 5.32 Å². The number of nitrogens with zero attached hydrogens (tertiary/aromatic N) is 1. The number of thiazole rings is 1. The van der Waals surface area contributed by atoms with Gasteiger partial charge >= 0.3 is 0 Å². The molecule has 0 aliphatic carbocycles. The zero-order chi connectivity index (χ0) is 12.3. The molecule has 0 saturated heterocycles. The molecule has 4 heteroatoms. The van der Waals surface area contributed by atoms with E-state index in [0.29, 0.717) is 0 Å². The second kappa shape index (κ2) is 5.38. The molecule has 1 N–H and O–H groups in total. The summed E-state index contributed by atoms with van der Waals surface area (Å²) in [5.41, 5.74) is 2.95. The van der Waals surface area contributed by atoms with Gasteiger partial charge in [0.05, 0.1) is 5.69 Å². The molecule has 0 radical (unpaired) electrons. The van der Waals surface area contributed by atoms with Crippen molar-refractivity contribution in [3.63, 3.8) is 0 Å². The number of hydrogen-bond donors (Lipinski definition) is 1. The van der Waals surface area contributed by atoms with Crippen LogP contribution in [0.5, 0.6) is 0 Å². The highest BCUT2D eigenvalue weighted by Gasteiger charge is 2.08. The molecular formula is C13H15FN2S. The lowest BCUT2D eigenvalue weighted by Crippen LogP contribution is -2.11. The van der Waals surface area contributed by atoms with Gasteiger partial charge in [0.25, 0.3) is 0 Å². The molecule has 0 aliphatic heterocycles. The number of aromatic nitrogens is 1. The number of benzene rings is 1. The maximum Gasteiger partial charge on any atom is 0.124 e. The number of rotatable bonds is 4. The molecule has 0 amide bonds. The summed E-state index contributed by atoms with van der Waals surface area (Å²) in [6.07, 6.45) is 0. The van der Waals surface area contributed by atoms with E-state index in [1.807, 2.05) is 12.3 Å². The van der Waals surface area contributed by atoms with Crippen LogP contribution in [0.4, 0.5) is 4.39 Å². The Kier molecular flexibility index (Phi) is 3.86. The highest BCUT2D eigenvalue weighted by atomic mass is 32.1. The summed E-state index contributed by atoms with van der Waals surface area (Å²) in [7, 11) is 0. The van der Waals surface area contributed by atoms with Crippen molar-refractivity contribution >= 4 is 11.3 Å². The maximum atomic E-state index is 13.2. The van der Waals surface area contributed by atoms with E-state index in [4.69, 9.17) is 0 Å². The van der Waals surface area contributed by atoms with Crippen LogP contribution in [0.1, 0.15) is 18.2 Å². The summed E-state index contributed by atoms with van der Waals surface area (Å²) in [4.78, 5) is 4.51. The zero-order valence-corrected chi connectivity index (χ0v) is 10.8. The van der Waals surface area contributed by atoms with Crippen LogP contribution in [0.15, 0.2) is 23.6 Å². The lowest BCUT2D eigenvalue weighted by atomic mass is 10.1. The van der Waals surface area contributed by atoms with Gasteiger partial charge in [0.1, 0.15) is 10.8 Å². The smallest absolute Gasteiger partial charge is 0.124 e. The Hall–Kier alpha value is -1.26. The predicted molar refractivity (Wildman–Crippen MR) is 69.6 cm³/mol. The predicted octanol–water partition coefficient (Wildman–Crippen LogP) is 3.37. The highest BCUT2D eigenvalue weighted by molar-refractivity contribution is 7.13. The average molecular weight is 250 g/mol. The van der Waals surface area contributed by atoms with Crippen LogP contribution in [-0.2, 0) is 6.54 Å². The lowest BCUT2D eigenvalue weighted by Gasteiger charge is -2.02. The van der Waals surface area contributed by atoms with E-state index < -0.39 is 0 Å². The van der Waals surface area contributed by atoms with Gasteiger partial charge in [-0.25, -0.2) is 9.37 Å². The van der Waals surface area contributed by atoms with Gasteiger partial charge in [0.2, 0.25) is 0 Å². The number of halogens is 1. The third-order valence-electron chi connectivity index (χ3n) is 2.54. The maximum absolute atomic E-state index is 13.2. The second-order valence-electron chi connectivity index (χ2n) is 3.88. The first-order chi connectivity index (χ1) is 8.20. The quantitative estimate of drug-likeness (QED) is 0.900. The second-order valence-corrected chi connectivity index (χ2v) is 4.74. The standard InChI is InChI=1S/C13H15FN2S/c1-3-15-7-11-8-17-13(16-11)12-6-10(14)5-4-9(12)2/h4-6,8,15H,3,7H2,1-2H3. The van der Waals surface area contributed by atoms with E-state index in [1.54, 1.807) is 23.5 Å². The van der Waals surface area contributed by atoms with E-state index >= 15 is 0 Å². The molecule has 1 aromatic heterocycles. The summed E-state index contributed by atoms with van der Waals surface area (Å²) in [6.45, 7) is 5.72. The minimum atomic E-state index is -0.214. The summed E-state index contributed by atoms with van der Waals surface area (Å²) in [6, 6.07) is 4.81. The van der Waals surface area contributed by atoms with E-state index in [2.05, 4.69) is 17.2 Å². The van der Waals surface area contributed by atoms with Crippen LogP contribution in [0.3, 0.4) is 0 Å². The van der Waals surface area contributed by atoms with Gasteiger partial charge in [-0.15, -0.1) is 11.3 Å². The lowest BCUT2D eigenvalue weighted by molar-refractivity contribution is 0.628. The Bertz CT molecular complexity index is 508. The first kappa shape index (κ1) is 12.2. The van der Waals surface area contributed by atoms with Crippen molar-refractivity contribution in [3.05, 3.63) is 40.7 Å². The summed E-state index contributed by atoms with van der Waals surface area (Å²) >= 11 is 1.56. The van der Waals surface area contributed by atoms with Crippen molar-refractivity contribution < 1.29 is 4.39 Å². The summed E-state index contributed by atoms with van der Waals surface area (Å²) < 4.78 is 13.2. The third kappa shape index (κ3) is 2.90. The molecule has 17 heavy (non-hydrogen) atoms. The van der Waals surface area contributed by atoms with Crippen LogP contribution >= 0.6 is 11.3 Å². The SMILES string of the molecule is CCNCc1csc(-c2cc(F)ccc2C)n1. The van der Waals surface area contributed by atoms with Gasteiger partial charge in [-0.05, 0) is 31.2 Å². The Balaban J connectivity index is 2.27. The fraction of sp³-hybridized carbons (Fsp3) is 0.308. The number of hydrogen-bond acceptors (Lipinski definition) is 3. The average Bonchev–Trinajstić information content (AvgIpc) is 2.78. The summed E-state index contributed by atoms with van der Waals surface area (Å²) in [5.74, 6) is -0.214. The van der Waals surface area contributed by atoms with Gasteiger partial charge in [-0.3, -0.25) is 0 Å². The monoisotopic (exact) mass is 250 g/mol. The first-order valence-corrected chi connectivity index (χ1v) is 6.50. The van der Waals surface area contributed by atoms with Gasteiger partial charge in [-0.1, -0.05) is 13.0 Å². The molecule has 2 aromatic rings. The van der Waals surface area contributed by atoms with Gasteiger partial charge in [0, 0.05) is 17.5 Å². The van der Waals surface area contributed by atoms with Crippen molar-refractivity contribution in [2.24, 2.45) is 0 Å². The molecule has 0 atom stereocenters. The fourth-order valence-electron chi connectivity index (χ4n) is 1.59. The minimum Gasteiger partial charge on any atom is -0.311 e. The van der Waals surface area contributed by atoms with Crippen molar-refractivity contribution in [2.75, 3.05) is 6.54 Å². The molecular weight excluding hydrogens is 235 g/mol. The normalized spacial score (nSPS) is 10.8. The van der Waals surface area contributed by atoms with Gasteiger partial charge in [-0.2, -0.15) is 0 Å². The molecule has 0 fully saturated rings. The molecule has 0 spiro atoms. The Morgan fingerprint density at radius 3 is 3.00 bits per heavy atom. The Morgan fingerprint density at radius 1 is 1.41 bits per heavy atom. The van der Waals surface area contributed by atoms with Crippen LogP contribution in [0.2, 0.25) is 0 Å². The van der Waals surface area contributed by atoms with Crippen LogP contribution in [0, 0.1) is 12.7 Å². The molecule has 0 aliphatic rings. The van der Waals surface area contributed by atoms with E-state index in [1.165, 1.54) is 6.07 Å². The third-order valence-corrected chi connectivity index (χ3v) is 3.46. The molecule has 2 nitrogen and oxygen atoms in total. The fourth-order valence-corrected chi connectivity index (χ4v) is 2.49. The van der Waals surface area contributed by atoms with Crippen molar-refractivity contribution in [1.29, 1.82) is 0 Å². The molecule has 1 heterocycles. The molecule has 0 saturated carbocycles. The van der Waals surface area contributed by atoms with Crippen molar-refractivity contribution in [3.8, 4) is 10.6 Å². The Morgan fingerprint density at radius 2 is 2.24 bits per heavy atom. The number of aryl methyl sites for hydroxylation is 1. The largest absolute Gasteiger partial charge is 0.311 e. The Labute approximate surface area is 105 Å². The van der Waals surface area contributed by atoms with Gasteiger partial charge < -0.3 is 5.32 Å². The van der Waals surface area contributed by atoms with E-state index in [0.717, 1.165) is 34.9 Å². The first-order valence-electron chi connectivity index (χ1n) is 5.62. The topological polar surface area (TPSA) is 24.9 Å². The molecule has 1 aromatic carbocycles. The van der Waals surface area contributed by atoms with Crippen molar-refractivity contribution in [1.82, 2.24) is 10.3 Å². The van der Waals surface area contributed by atoms with Crippen LogP contribution in [-0.4, -0.2) is 11.5 Å². The van der Waals surface area contributed by atoms with Crippen LogP contribution in [0.25, 0.3) is 10.6 Å². The van der Waals surface area contributed by atoms with Gasteiger partial charge in [0.15, 0.2) is 0 Å². The van der Waals surface area contributed by atoms with Crippen molar-refractivity contribution in [2.45, 2.75) is 20.4 Å². The molecule has 0 bridgehead atoms.